The van der Waals surface area contributed by atoms with Crippen LogP contribution in [0.2, 0.25) is 0 Å². The summed E-state index contributed by atoms with van der Waals surface area (Å²) in [5.74, 6) is -0.212. The zero-order valence-electron chi connectivity index (χ0n) is 18.9. The first-order valence-corrected chi connectivity index (χ1v) is 10.7. The van der Waals surface area contributed by atoms with Crippen molar-refractivity contribution in [3.05, 3.63) is 99.7 Å². The first kappa shape index (κ1) is 22.7. The van der Waals surface area contributed by atoms with E-state index in [1.165, 1.54) is 31.4 Å². The van der Waals surface area contributed by atoms with Gasteiger partial charge in [0, 0.05) is 23.9 Å². The van der Waals surface area contributed by atoms with Crippen molar-refractivity contribution in [1.82, 2.24) is 0 Å². The maximum absolute atomic E-state index is 13.5. The molecule has 0 aliphatic carbocycles. The average Bonchev–Trinajstić information content (AvgIpc) is 3.08. The van der Waals surface area contributed by atoms with Crippen molar-refractivity contribution in [2.24, 2.45) is 0 Å². The second-order valence-corrected chi connectivity index (χ2v) is 8.10. The first-order chi connectivity index (χ1) is 16.3. The van der Waals surface area contributed by atoms with Crippen molar-refractivity contribution in [2.45, 2.75) is 19.8 Å². The molecule has 2 amide bonds. The second kappa shape index (κ2) is 9.19. The molecule has 3 aromatic carbocycles. The Morgan fingerprint density at radius 3 is 2.21 bits per heavy atom. The molecule has 0 radical (unpaired) electrons. The summed E-state index contributed by atoms with van der Waals surface area (Å²) < 4.78 is 5.24. The van der Waals surface area contributed by atoms with Crippen LogP contribution in [0.15, 0.2) is 78.5 Å². The second-order valence-electron chi connectivity index (χ2n) is 8.10. The number of hydrogen-bond donors (Lipinski definition) is 1. The molecule has 0 saturated heterocycles. The van der Waals surface area contributed by atoms with Gasteiger partial charge < -0.3 is 10.1 Å². The highest BCUT2D eigenvalue weighted by atomic mass is 16.6. The van der Waals surface area contributed by atoms with E-state index in [1.54, 1.807) is 24.3 Å². The summed E-state index contributed by atoms with van der Waals surface area (Å²) >= 11 is 0. The molecule has 1 N–H and O–H groups in total. The molecule has 4 rings (SSSR count). The average molecular weight is 457 g/mol. The third kappa shape index (κ3) is 4.25. The maximum Gasteiger partial charge on any atom is 0.282 e. The van der Waals surface area contributed by atoms with Gasteiger partial charge in [-0.15, -0.1) is 0 Å². The lowest BCUT2D eigenvalue weighted by Crippen LogP contribution is -2.32. The molecule has 0 bridgehead atoms. The minimum absolute atomic E-state index is 0.0963. The molecule has 1 aliphatic rings. The molecule has 3 aromatic rings. The van der Waals surface area contributed by atoms with E-state index < -0.39 is 16.7 Å². The Hall–Kier alpha value is -4.46. The zero-order valence-corrected chi connectivity index (χ0v) is 18.9. The molecule has 0 spiro atoms. The van der Waals surface area contributed by atoms with Gasteiger partial charge in [0.1, 0.15) is 11.4 Å². The van der Waals surface area contributed by atoms with Crippen LogP contribution in [0.25, 0.3) is 5.57 Å². The smallest absolute Gasteiger partial charge is 0.282 e. The van der Waals surface area contributed by atoms with Crippen molar-refractivity contribution >= 4 is 34.4 Å². The maximum atomic E-state index is 13.5. The highest BCUT2D eigenvalue weighted by molar-refractivity contribution is 6.46. The van der Waals surface area contributed by atoms with E-state index in [0.717, 1.165) is 10.5 Å². The molecular weight excluding hydrogens is 434 g/mol. The Labute approximate surface area is 196 Å². The Morgan fingerprint density at radius 1 is 0.941 bits per heavy atom. The lowest BCUT2D eigenvalue weighted by Gasteiger charge is -2.16. The number of hydrogen-bond acceptors (Lipinski definition) is 6. The number of carbonyl (C=O) groups is 2. The van der Waals surface area contributed by atoms with Crippen molar-refractivity contribution < 1.29 is 19.2 Å². The Bertz CT molecular complexity index is 1290. The van der Waals surface area contributed by atoms with Crippen LogP contribution in [0, 0.1) is 10.1 Å². The summed E-state index contributed by atoms with van der Waals surface area (Å²) in [5, 5.41) is 14.2. The lowest BCUT2D eigenvalue weighted by atomic mass is 10.0. The summed E-state index contributed by atoms with van der Waals surface area (Å²) in [6.07, 6.45) is 0. The minimum atomic E-state index is -0.534. The fraction of sp³-hybridized carbons (Fsp3) is 0.154. The number of ether oxygens (including phenoxy) is 1. The lowest BCUT2D eigenvalue weighted by molar-refractivity contribution is -0.384. The largest absolute Gasteiger partial charge is 0.497 e. The third-order valence-electron chi connectivity index (χ3n) is 5.61. The van der Waals surface area contributed by atoms with Gasteiger partial charge in [-0.3, -0.25) is 19.7 Å². The van der Waals surface area contributed by atoms with Crippen LogP contribution in [0.5, 0.6) is 5.75 Å². The van der Waals surface area contributed by atoms with Gasteiger partial charge in [0.15, 0.2) is 0 Å². The van der Waals surface area contributed by atoms with Gasteiger partial charge in [0.2, 0.25) is 0 Å². The fourth-order valence-corrected chi connectivity index (χ4v) is 3.74. The summed E-state index contributed by atoms with van der Waals surface area (Å²) in [7, 11) is 1.50. The molecule has 8 nitrogen and oxygen atoms in total. The molecule has 8 heteroatoms. The van der Waals surface area contributed by atoms with Crippen LogP contribution >= 0.6 is 0 Å². The van der Waals surface area contributed by atoms with Gasteiger partial charge in [0.25, 0.3) is 17.5 Å². The quantitative estimate of drug-likeness (QED) is 0.300. The molecule has 34 heavy (non-hydrogen) atoms. The van der Waals surface area contributed by atoms with E-state index in [9.17, 15) is 19.7 Å². The highest BCUT2D eigenvalue weighted by Crippen LogP contribution is 2.35. The van der Waals surface area contributed by atoms with E-state index in [0.29, 0.717) is 28.6 Å². The number of non-ortho nitro benzene ring substituents is 1. The molecule has 0 fully saturated rings. The topological polar surface area (TPSA) is 102 Å². The molecule has 0 atom stereocenters. The van der Waals surface area contributed by atoms with Crippen molar-refractivity contribution in [1.29, 1.82) is 0 Å². The van der Waals surface area contributed by atoms with Crippen LogP contribution in [0.4, 0.5) is 17.1 Å². The van der Waals surface area contributed by atoms with Gasteiger partial charge in [-0.25, -0.2) is 4.90 Å². The van der Waals surface area contributed by atoms with Crippen LogP contribution < -0.4 is 15.0 Å². The van der Waals surface area contributed by atoms with Crippen molar-refractivity contribution in [2.75, 3.05) is 17.3 Å². The van der Waals surface area contributed by atoms with E-state index in [-0.39, 0.29) is 17.0 Å². The number of imide groups is 1. The summed E-state index contributed by atoms with van der Waals surface area (Å²) in [6, 6.07) is 19.8. The Balaban J connectivity index is 1.79. The first-order valence-electron chi connectivity index (χ1n) is 10.7. The number of amides is 2. The highest BCUT2D eigenvalue weighted by Gasteiger charge is 2.40. The number of nitro groups is 1. The summed E-state index contributed by atoms with van der Waals surface area (Å²) in [5.41, 5.74) is 2.67. The Morgan fingerprint density at radius 2 is 1.62 bits per heavy atom. The zero-order chi connectivity index (χ0) is 24.4. The predicted octanol–water partition coefficient (Wildman–Crippen LogP) is 5.12. The standard InChI is InChI=1S/C26H23N3O5/c1-16(2)17-7-11-19(12-8-17)27-24-23(18-9-13-20(14-10-18)29(32)33)25(30)28(26(24)31)21-5-4-6-22(15-21)34-3/h4-16,27H,1-3H3. The van der Waals surface area contributed by atoms with E-state index >= 15 is 0 Å². The molecular formula is C26H23N3O5. The molecule has 172 valence electrons. The van der Waals surface area contributed by atoms with Gasteiger partial charge in [-0.2, -0.15) is 0 Å². The van der Waals surface area contributed by atoms with Gasteiger partial charge in [-0.1, -0.05) is 32.0 Å². The van der Waals surface area contributed by atoms with Gasteiger partial charge >= 0.3 is 0 Å². The van der Waals surface area contributed by atoms with E-state index in [4.69, 9.17) is 4.74 Å². The number of nitro benzene ring substituents is 1. The van der Waals surface area contributed by atoms with E-state index in [1.807, 2.05) is 24.3 Å². The van der Waals surface area contributed by atoms with E-state index in [2.05, 4.69) is 19.2 Å². The fourth-order valence-electron chi connectivity index (χ4n) is 3.74. The minimum Gasteiger partial charge on any atom is -0.497 e. The SMILES string of the molecule is COc1cccc(N2C(=O)C(Nc3ccc(C(C)C)cc3)=C(c3ccc([N+](=O)[O-])cc3)C2=O)c1. The molecule has 0 unspecified atom stereocenters. The normalized spacial score (nSPS) is 13.6. The molecule has 0 saturated carbocycles. The van der Waals surface area contributed by atoms with Crippen LogP contribution in [-0.2, 0) is 9.59 Å². The monoisotopic (exact) mass is 457 g/mol. The Kier molecular flexibility index (Phi) is 6.14. The molecule has 1 heterocycles. The third-order valence-corrected chi connectivity index (χ3v) is 5.61. The number of methoxy groups -OCH3 is 1. The van der Waals surface area contributed by atoms with Gasteiger partial charge in [-0.05, 0) is 53.4 Å². The number of anilines is 2. The van der Waals surface area contributed by atoms with Crippen LogP contribution in [0.1, 0.15) is 30.9 Å². The summed E-state index contributed by atoms with van der Waals surface area (Å²) in [4.78, 5) is 38.6. The number of nitrogens with one attached hydrogen (secondary N) is 1. The number of rotatable bonds is 7. The van der Waals surface area contributed by atoms with Crippen LogP contribution in [0.3, 0.4) is 0 Å². The number of nitrogens with zero attached hydrogens (tertiary/aromatic N) is 2. The summed E-state index contributed by atoms with van der Waals surface area (Å²) in [6.45, 7) is 4.17. The number of benzene rings is 3. The molecule has 0 aromatic heterocycles. The van der Waals surface area contributed by atoms with Crippen molar-refractivity contribution in [3.8, 4) is 5.75 Å². The van der Waals surface area contributed by atoms with Crippen LogP contribution in [-0.4, -0.2) is 23.8 Å². The van der Waals surface area contributed by atoms with Gasteiger partial charge in [0.05, 0.1) is 23.3 Å². The van der Waals surface area contributed by atoms with Crippen molar-refractivity contribution in [3.63, 3.8) is 0 Å². The number of carbonyl (C=O) groups excluding carboxylic acids is 2. The predicted molar refractivity (Wildman–Crippen MR) is 130 cm³/mol. The molecule has 1 aliphatic heterocycles.